The molecule has 3 rings (SSSR count). The first-order valence-electron chi connectivity index (χ1n) is 5.57. The number of fused-ring (bicyclic) bond motifs is 1. The Morgan fingerprint density at radius 2 is 2.17 bits per heavy atom. The molecule has 90 valence electrons. The van der Waals surface area contributed by atoms with Crippen molar-refractivity contribution in [2.24, 2.45) is 0 Å². The number of aromatic nitrogens is 3. The molecule has 0 saturated heterocycles. The molecule has 5 nitrogen and oxygen atoms in total. The van der Waals surface area contributed by atoms with Crippen molar-refractivity contribution in [3.63, 3.8) is 0 Å². The molecule has 3 heterocycles. The van der Waals surface area contributed by atoms with E-state index < -0.39 is 0 Å². The molecule has 0 spiro atoms. The van der Waals surface area contributed by atoms with Gasteiger partial charge in [-0.2, -0.15) is 0 Å². The van der Waals surface area contributed by atoms with Crippen LogP contribution < -0.4 is 10.5 Å². The summed E-state index contributed by atoms with van der Waals surface area (Å²) in [5, 5.41) is 0. The van der Waals surface area contributed by atoms with E-state index >= 15 is 0 Å². The highest BCUT2D eigenvalue weighted by atomic mass is 16.5. The largest absolute Gasteiger partial charge is 0.486 e. The second-order valence-electron chi connectivity index (χ2n) is 3.92. The topological polar surface area (TPSA) is 65.4 Å². The lowest BCUT2D eigenvalue weighted by Crippen LogP contribution is -2.00. The Morgan fingerprint density at radius 1 is 1.22 bits per heavy atom. The molecular weight excluding hydrogens is 228 g/mol. The third-order valence-corrected chi connectivity index (χ3v) is 2.63. The minimum atomic E-state index is 0.427. The van der Waals surface area contributed by atoms with E-state index in [1.807, 2.05) is 34.9 Å². The van der Waals surface area contributed by atoms with E-state index in [9.17, 15) is 0 Å². The molecule has 0 saturated carbocycles. The summed E-state index contributed by atoms with van der Waals surface area (Å²) >= 11 is 0. The second kappa shape index (κ2) is 4.37. The van der Waals surface area contributed by atoms with Crippen LogP contribution in [0.2, 0.25) is 0 Å². The maximum absolute atomic E-state index is 5.76. The van der Waals surface area contributed by atoms with Crippen LogP contribution in [-0.4, -0.2) is 14.4 Å². The smallest absolute Gasteiger partial charge is 0.138 e. The quantitative estimate of drug-likeness (QED) is 0.759. The first-order valence-corrected chi connectivity index (χ1v) is 5.57. The number of hydrogen-bond acceptors (Lipinski definition) is 4. The van der Waals surface area contributed by atoms with Crippen LogP contribution in [0, 0.1) is 0 Å². The number of rotatable bonds is 3. The molecule has 0 aliphatic carbocycles. The molecule has 0 aliphatic rings. The highest BCUT2D eigenvalue weighted by molar-refractivity contribution is 5.48. The summed E-state index contributed by atoms with van der Waals surface area (Å²) in [5.41, 5.74) is 8.26. The molecule has 0 fully saturated rings. The van der Waals surface area contributed by atoms with Gasteiger partial charge in [-0.05, 0) is 24.3 Å². The van der Waals surface area contributed by atoms with E-state index in [1.54, 1.807) is 18.6 Å². The van der Waals surface area contributed by atoms with Crippen LogP contribution in [-0.2, 0) is 6.61 Å². The number of ether oxygens (including phenoxy) is 1. The first kappa shape index (κ1) is 10.6. The van der Waals surface area contributed by atoms with E-state index in [0.29, 0.717) is 12.3 Å². The molecular formula is C13H12N4O. The zero-order valence-corrected chi connectivity index (χ0v) is 9.65. The zero-order chi connectivity index (χ0) is 12.4. The monoisotopic (exact) mass is 240 g/mol. The lowest BCUT2D eigenvalue weighted by atomic mass is 10.4. The summed E-state index contributed by atoms with van der Waals surface area (Å²) in [6, 6.07) is 7.41. The van der Waals surface area contributed by atoms with Crippen molar-refractivity contribution in [2.75, 3.05) is 5.73 Å². The predicted molar refractivity (Wildman–Crippen MR) is 68.2 cm³/mol. The van der Waals surface area contributed by atoms with Crippen molar-refractivity contribution in [3.05, 3.63) is 54.7 Å². The Morgan fingerprint density at radius 3 is 3.00 bits per heavy atom. The van der Waals surface area contributed by atoms with Gasteiger partial charge in [0.2, 0.25) is 0 Å². The van der Waals surface area contributed by atoms with Gasteiger partial charge in [-0.15, -0.1) is 0 Å². The lowest BCUT2D eigenvalue weighted by molar-refractivity contribution is 0.299. The van der Waals surface area contributed by atoms with Crippen LogP contribution in [0.1, 0.15) is 5.69 Å². The van der Waals surface area contributed by atoms with Crippen LogP contribution in [0.4, 0.5) is 5.69 Å². The summed E-state index contributed by atoms with van der Waals surface area (Å²) in [5.74, 6) is 0.733. The lowest BCUT2D eigenvalue weighted by Gasteiger charge is -2.05. The summed E-state index contributed by atoms with van der Waals surface area (Å²) in [7, 11) is 0. The van der Waals surface area contributed by atoms with E-state index in [2.05, 4.69) is 9.97 Å². The number of pyridine rings is 2. The molecule has 3 aromatic heterocycles. The maximum atomic E-state index is 5.76. The normalized spacial score (nSPS) is 10.7. The van der Waals surface area contributed by atoms with Crippen LogP contribution in [0.15, 0.2) is 49.1 Å². The number of anilines is 1. The molecule has 0 bridgehead atoms. The standard InChI is InChI=1S/C13H12N4O/c14-10-3-4-13-16-6-11(17(13)8-10)9-18-12-2-1-5-15-7-12/h1-8H,9,14H2. The summed E-state index contributed by atoms with van der Waals surface area (Å²) in [4.78, 5) is 8.28. The van der Waals surface area contributed by atoms with E-state index in [-0.39, 0.29) is 0 Å². The van der Waals surface area contributed by atoms with Gasteiger partial charge < -0.3 is 10.5 Å². The molecule has 3 aromatic rings. The van der Waals surface area contributed by atoms with Gasteiger partial charge in [0.25, 0.3) is 0 Å². The molecule has 2 N–H and O–H groups in total. The Kier molecular flexibility index (Phi) is 2.57. The number of hydrogen-bond donors (Lipinski definition) is 1. The van der Waals surface area contributed by atoms with Gasteiger partial charge in [-0.1, -0.05) is 0 Å². The molecule has 0 atom stereocenters. The molecule has 0 radical (unpaired) electrons. The number of nitrogen functional groups attached to an aromatic ring is 1. The fourth-order valence-corrected chi connectivity index (χ4v) is 1.74. The van der Waals surface area contributed by atoms with E-state index in [1.165, 1.54) is 0 Å². The highest BCUT2D eigenvalue weighted by Crippen LogP contribution is 2.13. The van der Waals surface area contributed by atoms with Gasteiger partial charge in [-0.3, -0.25) is 9.38 Å². The van der Waals surface area contributed by atoms with Crippen molar-refractivity contribution in [1.82, 2.24) is 14.4 Å². The molecule has 18 heavy (non-hydrogen) atoms. The van der Waals surface area contributed by atoms with Crippen molar-refractivity contribution in [2.45, 2.75) is 6.61 Å². The predicted octanol–water partition coefficient (Wildman–Crippen LogP) is 1.89. The molecule has 0 amide bonds. The second-order valence-corrected chi connectivity index (χ2v) is 3.92. The van der Waals surface area contributed by atoms with Gasteiger partial charge >= 0.3 is 0 Å². The van der Waals surface area contributed by atoms with Crippen LogP contribution >= 0.6 is 0 Å². The van der Waals surface area contributed by atoms with Gasteiger partial charge in [0.1, 0.15) is 18.0 Å². The Bertz CT molecular complexity index is 663. The van der Waals surface area contributed by atoms with Crippen molar-refractivity contribution < 1.29 is 4.74 Å². The van der Waals surface area contributed by atoms with Gasteiger partial charge in [0.15, 0.2) is 0 Å². The molecule has 0 aliphatic heterocycles. The van der Waals surface area contributed by atoms with Crippen molar-refractivity contribution in [1.29, 1.82) is 0 Å². The highest BCUT2D eigenvalue weighted by Gasteiger charge is 2.04. The zero-order valence-electron chi connectivity index (χ0n) is 9.65. The summed E-state index contributed by atoms with van der Waals surface area (Å²) in [6.07, 6.45) is 7.01. The number of nitrogens with two attached hydrogens (primary N) is 1. The number of imidazole rings is 1. The average molecular weight is 240 g/mol. The fourth-order valence-electron chi connectivity index (χ4n) is 1.74. The van der Waals surface area contributed by atoms with Crippen LogP contribution in [0.25, 0.3) is 5.65 Å². The first-order chi connectivity index (χ1) is 8.83. The van der Waals surface area contributed by atoms with Gasteiger partial charge in [0, 0.05) is 18.1 Å². The van der Waals surface area contributed by atoms with Crippen molar-refractivity contribution in [3.8, 4) is 5.75 Å². The maximum Gasteiger partial charge on any atom is 0.138 e. The van der Waals surface area contributed by atoms with Crippen LogP contribution in [0.5, 0.6) is 5.75 Å². The third kappa shape index (κ3) is 1.98. The Balaban J connectivity index is 1.85. The minimum absolute atomic E-state index is 0.427. The summed E-state index contributed by atoms with van der Waals surface area (Å²) in [6.45, 7) is 0.427. The fraction of sp³-hybridized carbons (Fsp3) is 0.0769. The third-order valence-electron chi connectivity index (χ3n) is 2.63. The van der Waals surface area contributed by atoms with E-state index in [0.717, 1.165) is 17.1 Å². The SMILES string of the molecule is Nc1ccc2ncc(COc3cccnc3)n2c1. The summed E-state index contributed by atoms with van der Waals surface area (Å²) < 4.78 is 7.56. The van der Waals surface area contributed by atoms with Gasteiger partial charge in [-0.25, -0.2) is 4.98 Å². The Labute approximate surface area is 104 Å². The molecule has 0 aromatic carbocycles. The average Bonchev–Trinajstić information content (AvgIpc) is 2.80. The molecule has 0 unspecified atom stereocenters. The van der Waals surface area contributed by atoms with Crippen molar-refractivity contribution >= 4 is 11.3 Å². The minimum Gasteiger partial charge on any atom is -0.486 e. The van der Waals surface area contributed by atoms with Crippen LogP contribution in [0.3, 0.4) is 0 Å². The molecule has 5 heteroatoms. The Hall–Kier alpha value is -2.56. The van der Waals surface area contributed by atoms with Gasteiger partial charge in [0.05, 0.1) is 18.1 Å². The van der Waals surface area contributed by atoms with E-state index in [4.69, 9.17) is 10.5 Å². The number of nitrogens with zero attached hydrogens (tertiary/aromatic N) is 3.